The van der Waals surface area contributed by atoms with E-state index in [-0.39, 0.29) is 10.8 Å². The second-order valence-corrected chi connectivity index (χ2v) is 10.5. The minimum Gasteiger partial charge on any atom is -0.492 e. The van der Waals surface area contributed by atoms with E-state index >= 15 is 0 Å². The lowest BCUT2D eigenvalue weighted by Crippen LogP contribution is -2.57. The minimum atomic E-state index is 0.146. The largest absolute Gasteiger partial charge is 0.492 e. The molecule has 1 saturated heterocycles. The smallest absolute Gasteiger partial charge is 0.157 e. The molecule has 2 heterocycles. The fraction of sp³-hybridized carbons (Fsp3) is 0.630. The third kappa shape index (κ3) is 3.08. The predicted octanol–water partition coefficient (Wildman–Crippen LogP) is 5.50. The first-order valence-corrected chi connectivity index (χ1v) is 12.2. The van der Waals surface area contributed by atoms with Gasteiger partial charge in [-0.3, -0.25) is 9.78 Å². The Morgan fingerprint density at radius 1 is 1.16 bits per heavy atom. The molecule has 4 nitrogen and oxygen atoms in total. The Labute approximate surface area is 186 Å². The summed E-state index contributed by atoms with van der Waals surface area (Å²) in [5, 5.41) is 0. The number of allylic oxidation sites excluding steroid dienone is 4. The summed E-state index contributed by atoms with van der Waals surface area (Å²) >= 11 is 0. The molecule has 5 rings (SSSR count). The molecule has 0 N–H and O–H groups in total. The maximum Gasteiger partial charge on any atom is 0.157 e. The number of carbonyl (C=O) groups excluding carboxylic acids is 1. The number of rotatable bonds is 4. The van der Waals surface area contributed by atoms with Gasteiger partial charge in [-0.1, -0.05) is 19.9 Å². The lowest BCUT2D eigenvalue weighted by atomic mass is 9.49. The topological polar surface area (TPSA) is 42.4 Å². The van der Waals surface area contributed by atoms with Crippen LogP contribution in [0.5, 0.6) is 5.75 Å². The van der Waals surface area contributed by atoms with Gasteiger partial charge in [0.05, 0.1) is 12.8 Å². The van der Waals surface area contributed by atoms with Gasteiger partial charge in [0.2, 0.25) is 0 Å². The molecule has 1 aromatic rings. The van der Waals surface area contributed by atoms with Gasteiger partial charge < -0.3 is 9.64 Å². The van der Waals surface area contributed by atoms with Crippen molar-refractivity contribution < 1.29 is 9.53 Å². The van der Waals surface area contributed by atoms with Gasteiger partial charge in [-0.15, -0.1) is 0 Å². The molecule has 0 aromatic carbocycles. The normalized spacial score (nSPS) is 36.8. The van der Waals surface area contributed by atoms with Crippen LogP contribution in [0.15, 0.2) is 36.3 Å². The van der Waals surface area contributed by atoms with Crippen LogP contribution in [0.1, 0.15) is 65.4 Å². The lowest BCUT2D eigenvalue weighted by Gasteiger charge is -2.60. The van der Waals surface area contributed by atoms with Gasteiger partial charge in [-0.05, 0) is 79.9 Å². The number of aromatic nitrogens is 1. The van der Waals surface area contributed by atoms with Gasteiger partial charge in [0, 0.05) is 42.9 Å². The van der Waals surface area contributed by atoms with Gasteiger partial charge >= 0.3 is 0 Å². The molecule has 31 heavy (non-hydrogen) atoms. The highest BCUT2D eigenvalue weighted by atomic mass is 16.5. The van der Waals surface area contributed by atoms with Crippen LogP contribution < -0.4 is 4.74 Å². The predicted molar refractivity (Wildman–Crippen MR) is 123 cm³/mol. The van der Waals surface area contributed by atoms with E-state index in [2.05, 4.69) is 42.8 Å². The Morgan fingerprint density at radius 2 is 2.00 bits per heavy atom. The Hall–Kier alpha value is -2.10. The van der Waals surface area contributed by atoms with E-state index in [1.54, 1.807) is 0 Å². The zero-order valence-corrected chi connectivity index (χ0v) is 19.5. The molecule has 1 saturated carbocycles. The number of carbonyl (C=O) groups is 1. The number of nitrogens with zero attached hydrogens (tertiary/aromatic N) is 2. The summed E-state index contributed by atoms with van der Waals surface area (Å²) in [4.78, 5) is 19.3. The molecule has 1 unspecified atom stereocenters. The van der Waals surface area contributed by atoms with E-state index in [4.69, 9.17) is 4.74 Å². The van der Waals surface area contributed by atoms with Crippen molar-refractivity contribution in [3.63, 3.8) is 0 Å². The van der Waals surface area contributed by atoms with Gasteiger partial charge in [0.25, 0.3) is 0 Å². The number of piperidine rings is 1. The van der Waals surface area contributed by atoms with Crippen LogP contribution in [0.25, 0.3) is 5.57 Å². The monoisotopic (exact) mass is 420 g/mol. The van der Waals surface area contributed by atoms with Crippen LogP contribution in [-0.2, 0) is 4.79 Å². The highest BCUT2D eigenvalue weighted by Crippen LogP contribution is 2.65. The van der Waals surface area contributed by atoms with E-state index in [1.807, 2.05) is 25.4 Å². The molecule has 1 aliphatic heterocycles. The molecule has 166 valence electrons. The van der Waals surface area contributed by atoms with Crippen molar-refractivity contribution in [2.24, 2.45) is 28.6 Å². The van der Waals surface area contributed by atoms with Crippen molar-refractivity contribution in [2.75, 3.05) is 19.7 Å². The molecule has 0 amide bonds. The summed E-state index contributed by atoms with van der Waals surface area (Å²) < 4.78 is 5.74. The first-order valence-electron chi connectivity index (χ1n) is 12.2. The molecule has 3 aliphatic carbocycles. The van der Waals surface area contributed by atoms with Crippen LogP contribution >= 0.6 is 0 Å². The molecule has 1 aromatic heterocycles. The third-order valence-electron chi connectivity index (χ3n) is 9.10. The van der Waals surface area contributed by atoms with Crippen molar-refractivity contribution in [1.29, 1.82) is 0 Å². The maximum absolute atomic E-state index is 12.3. The summed E-state index contributed by atoms with van der Waals surface area (Å²) in [6.07, 6.45) is 13.6. The number of hydrogen-bond donors (Lipinski definition) is 0. The summed E-state index contributed by atoms with van der Waals surface area (Å²) in [5.74, 6) is 3.18. The molecule has 4 aliphatic rings. The second-order valence-electron chi connectivity index (χ2n) is 10.5. The molecular formula is C27H36N2O2. The van der Waals surface area contributed by atoms with E-state index in [0.29, 0.717) is 36.6 Å². The Bertz CT molecular complexity index is 950. The highest BCUT2D eigenvalue weighted by molar-refractivity contribution is 5.91. The van der Waals surface area contributed by atoms with E-state index in [0.717, 1.165) is 31.7 Å². The lowest BCUT2D eigenvalue weighted by molar-refractivity contribution is -0.118. The third-order valence-corrected chi connectivity index (χ3v) is 9.10. The highest BCUT2D eigenvalue weighted by Gasteiger charge is 2.58. The van der Waals surface area contributed by atoms with Gasteiger partial charge in [0.15, 0.2) is 5.78 Å². The molecule has 4 heteroatoms. The fourth-order valence-electron chi connectivity index (χ4n) is 7.54. The van der Waals surface area contributed by atoms with Gasteiger partial charge in [-0.25, -0.2) is 0 Å². The number of ether oxygens (including phenoxy) is 1. The van der Waals surface area contributed by atoms with Gasteiger partial charge in [-0.2, -0.15) is 0 Å². The van der Waals surface area contributed by atoms with Crippen molar-refractivity contribution in [3.8, 4) is 5.75 Å². The van der Waals surface area contributed by atoms with E-state index in [9.17, 15) is 4.79 Å². The van der Waals surface area contributed by atoms with Gasteiger partial charge in [0.1, 0.15) is 5.75 Å². The van der Waals surface area contributed by atoms with Crippen LogP contribution in [0.4, 0.5) is 0 Å². The number of likely N-dealkylation sites (tertiary alicyclic amines) is 1. The van der Waals surface area contributed by atoms with E-state index < -0.39 is 0 Å². The number of fused-ring (bicyclic) bond motifs is 5. The molecule has 2 fully saturated rings. The number of ketones is 1. The molecule has 0 radical (unpaired) electrons. The fourth-order valence-corrected chi connectivity index (χ4v) is 7.54. The molecule has 0 bridgehead atoms. The van der Waals surface area contributed by atoms with Crippen LogP contribution in [0, 0.1) is 28.6 Å². The number of hydrogen-bond acceptors (Lipinski definition) is 4. The molecule has 0 spiro atoms. The van der Waals surface area contributed by atoms with Crippen molar-refractivity contribution >= 4 is 11.4 Å². The first kappa shape index (κ1) is 20.8. The Morgan fingerprint density at radius 3 is 2.77 bits per heavy atom. The summed E-state index contributed by atoms with van der Waals surface area (Å²) in [7, 11) is 0. The van der Waals surface area contributed by atoms with Crippen molar-refractivity contribution in [1.82, 2.24) is 9.88 Å². The second kappa shape index (κ2) is 7.50. The average Bonchev–Trinajstić information content (AvgIpc) is 3.12. The van der Waals surface area contributed by atoms with Crippen molar-refractivity contribution in [2.45, 2.75) is 59.8 Å². The van der Waals surface area contributed by atoms with Crippen LogP contribution in [0.3, 0.4) is 0 Å². The summed E-state index contributed by atoms with van der Waals surface area (Å²) in [5.41, 5.74) is 4.37. The minimum absolute atomic E-state index is 0.146. The maximum atomic E-state index is 12.3. The summed E-state index contributed by atoms with van der Waals surface area (Å²) in [6.45, 7) is 11.9. The molecular weight excluding hydrogens is 384 g/mol. The Balaban J connectivity index is 1.48. The number of pyridine rings is 1. The first-order chi connectivity index (χ1) is 14.9. The molecule has 5 atom stereocenters. The average molecular weight is 421 g/mol. The Kier molecular flexibility index (Phi) is 5.02. The van der Waals surface area contributed by atoms with Crippen molar-refractivity contribution in [3.05, 3.63) is 41.9 Å². The van der Waals surface area contributed by atoms with E-state index in [1.165, 1.54) is 29.7 Å². The standard InChI is InChI=1S/C27H36N2O2/c1-5-29-17-21-23-8-7-22(18-13-20(31-6-2)16-28-15-18)26(23,3)12-10-24(21)27(4)11-9-19(30)14-25(27)29/h7,13-16,21,23-24H,5-6,8-12,17H2,1-4H3/t21-,23-,24-,26?,27+/m0/s1. The zero-order chi connectivity index (χ0) is 21.8. The van der Waals surface area contributed by atoms with Crippen LogP contribution in [-0.4, -0.2) is 35.4 Å². The quantitative estimate of drug-likeness (QED) is 0.645. The SMILES string of the molecule is CCOc1cncc(C2=CC[C@H]3[C@@H]4CN(CC)C5=CC(=O)CC[C@]5(C)[C@H]4CCC23C)c1. The zero-order valence-electron chi connectivity index (χ0n) is 19.5. The summed E-state index contributed by atoms with van der Waals surface area (Å²) in [6, 6.07) is 2.18. The van der Waals surface area contributed by atoms with Crippen LogP contribution in [0.2, 0.25) is 0 Å².